The highest BCUT2D eigenvalue weighted by Crippen LogP contribution is 2.33. The Morgan fingerprint density at radius 3 is 2.71 bits per heavy atom. The van der Waals surface area contributed by atoms with Crippen molar-refractivity contribution in [2.24, 2.45) is 5.10 Å². The summed E-state index contributed by atoms with van der Waals surface area (Å²) in [4.78, 5) is 16.1. The van der Waals surface area contributed by atoms with Crippen LogP contribution >= 0.6 is 31.9 Å². The first kappa shape index (κ1) is 16.9. The molecule has 0 radical (unpaired) electrons. The maximum atomic E-state index is 11.9. The first-order valence-corrected chi connectivity index (χ1v) is 8.57. The van der Waals surface area contributed by atoms with Gasteiger partial charge in [0, 0.05) is 34.9 Å². The molecule has 0 N–H and O–H groups in total. The van der Waals surface area contributed by atoms with E-state index in [1.165, 1.54) is 11.9 Å². The van der Waals surface area contributed by atoms with Crippen molar-refractivity contribution < 1.29 is 14.3 Å². The van der Waals surface area contributed by atoms with E-state index in [2.05, 4.69) is 41.9 Å². The van der Waals surface area contributed by atoms with Crippen molar-refractivity contribution in [2.45, 2.75) is 13.2 Å². The lowest BCUT2D eigenvalue weighted by atomic mass is 10.2. The van der Waals surface area contributed by atoms with Crippen molar-refractivity contribution in [3.8, 4) is 5.75 Å². The molecule has 3 rings (SSSR count). The van der Waals surface area contributed by atoms with E-state index in [1.54, 1.807) is 25.6 Å². The Bertz CT molecular complexity index is 826. The van der Waals surface area contributed by atoms with E-state index in [4.69, 9.17) is 9.47 Å². The van der Waals surface area contributed by atoms with Crippen molar-refractivity contribution in [1.29, 1.82) is 0 Å². The molecule has 0 bridgehead atoms. The number of carbonyl (C=O) groups excluding carboxylic acids is 1. The topological polar surface area (TPSA) is 64.0 Å². The Kier molecular flexibility index (Phi) is 4.86. The molecule has 2 aromatic rings. The smallest absolute Gasteiger partial charge is 0.243 e. The molecule has 24 heavy (non-hydrogen) atoms. The fraction of sp³-hybridized carbons (Fsp3) is 0.188. The molecule has 6 nitrogen and oxygen atoms in total. The summed E-state index contributed by atoms with van der Waals surface area (Å²) in [5.74, 6) is 0.842. The van der Waals surface area contributed by atoms with Gasteiger partial charge in [-0.1, -0.05) is 0 Å². The summed E-state index contributed by atoms with van der Waals surface area (Å²) in [6.45, 7) is 1.44. The minimum absolute atomic E-state index is 0.220. The SMILES string of the molecule is COc1ccc(C2=NN(C(C)=O)[C@@H](c3cncc(Br)c3)O2)cc1Br. The number of ether oxygens (including phenoxy) is 2. The second kappa shape index (κ2) is 6.90. The van der Waals surface area contributed by atoms with Crippen molar-refractivity contribution >= 4 is 43.7 Å². The molecule has 1 atom stereocenters. The van der Waals surface area contributed by atoms with Crippen molar-refractivity contribution in [3.63, 3.8) is 0 Å². The number of hydrazone groups is 1. The van der Waals surface area contributed by atoms with Gasteiger partial charge in [-0.2, -0.15) is 5.01 Å². The third-order valence-electron chi connectivity index (χ3n) is 3.38. The van der Waals surface area contributed by atoms with E-state index in [9.17, 15) is 4.79 Å². The van der Waals surface area contributed by atoms with Crippen LogP contribution in [0, 0.1) is 0 Å². The molecular weight excluding hydrogens is 442 g/mol. The molecule has 0 fully saturated rings. The van der Waals surface area contributed by atoms with Crippen LogP contribution in [-0.2, 0) is 9.53 Å². The number of halogens is 2. The molecule has 1 aromatic heterocycles. The number of hydrogen-bond donors (Lipinski definition) is 0. The zero-order valence-electron chi connectivity index (χ0n) is 12.9. The first-order valence-electron chi connectivity index (χ1n) is 6.99. The Balaban J connectivity index is 1.95. The van der Waals surface area contributed by atoms with E-state index >= 15 is 0 Å². The molecule has 1 aliphatic rings. The Morgan fingerprint density at radius 1 is 1.29 bits per heavy atom. The largest absolute Gasteiger partial charge is 0.496 e. The van der Waals surface area contributed by atoms with Crippen LogP contribution in [0.15, 0.2) is 50.7 Å². The van der Waals surface area contributed by atoms with E-state index in [0.29, 0.717) is 11.6 Å². The van der Waals surface area contributed by atoms with Gasteiger partial charge in [0.2, 0.25) is 18.0 Å². The van der Waals surface area contributed by atoms with Gasteiger partial charge in [0.05, 0.1) is 11.6 Å². The zero-order valence-corrected chi connectivity index (χ0v) is 16.0. The van der Waals surface area contributed by atoms with Crippen LogP contribution in [0.3, 0.4) is 0 Å². The molecule has 0 spiro atoms. The number of benzene rings is 1. The molecule has 0 aliphatic carbocycles. The minimum atomic E-state index is -0.650. The van der Waals surface area contributed by atoms with Crippen molar-refractivity contribution in [2.75, 3.05) is 7.11 Å². The highest BCUT2D eigenvalue weighted by molar-refractivity contribution is 9.10. The molecular formula is C16H13Br2N3O3. The number of carbonyl (C=O) groups is 1. The summed E-state index contributed by atoms with van der Waals surface area (Å²) in [7, 11) is 1.59. The van der Waals surface area contributed by atoms with E-state index in [1.807, 2.05) is 18.2 Å². The van der Waals surface area contributed by atoms with Crippen LogP contribution in [0.5, 0.6) is 5.75 Å². The van der Waals surface area contributed by atoms with Crippen molar-refractivity contribution in [3.05, 3.63) is 56.7 Å². The van der Waals surface area contributed by atoms with Gasteiger partial charge >= 0.3 is 0 Å². The molecule has 0 unspecified atom stereocenters. The van der Waals surface area contributed by atoms with Gasteiger partial charge in [-0.3, -0.25) is 9.78 Å². The average molecular weight is 455 g/mol. The average Bonchev–Trinajstić information content (AvgIpc) is 3.00. The molecule has 124 valence electrons. The van der Waals surface area contributed by atoms with Crippen LogP contribution in [0.1, 0.15) is 24.3 Å². The van der Waals surface area contributed by atoms with Gasteiger partial charge in [0.15, 0.2) is 0 Å². The lowest BCUT2D eigenvalue weighted by Crippen LogP contribution is -2.25. The predicted octanol–water partition coefficient (Wildman–Crippen LogP) is 3.85. The normalized spacial score (nSPS) is 16.6. The summed E-state index contributed by atoms with van der Waals surface area (Å²) >= 11 is 6.81. The van der Waals surface area contributed by atoms with Gasteiger partial charge in [-0.15, -0.1) is 5.10 Å². The summed E-state index contributed by atoms with van der Waals surface area (Å²) in [6.07, 6.45) is 2.66. The van der Waals surface area contributed by atoms with Crippen LogP contribution in [0.25, 0.3) is 0 Å². The minimum Gasteiger partial charge on any atom is -0.496 e. The Morgan fingerprint density at radius 2 is 2.08 bits per heavy atom. The number of nitrogens with zero attached hydrogens (tertiary/aromatic N) is 3. The van der Waals surface area contributed by atoms with Crippen LogP contribution in [0.4, 0.5) is 0 Å². The fourth-order valence-corrected chi connectivity index (χ4v) is 3.19. The number of pyridine rings is 1. The lowest BCUT2D eigenvalue weighted by molar-refractivity contribution is -0.135. The number of rotatable bonds is 3. The Hall–Kier alpha value is -1.93. The number of aromatic nitrogens is 1. The third-order valence-corrected chi connectivity index (χ3v) is 4.43. The predicted molar refractivity (Wildman–Crippen MR) is 95.5 cm³/mol. The standard InChI is InChI=1S/C16H13Br2N3O3/c1-9(22)21-16(11-5-12(17)8-19-7-11)24-15(20-21)10-3-4-14(23-2)13(18)6-10/h3-8,16H,1-2H3/t16-/m1/s1. The van der Waals surface area contributed by atoms with E-state index < -0.39 is 6.23 Å². The summed E-state index contributed by atoms with van der Waals surface area (Å²) < 4.78 is 12.7. The van der Waals surface area contributed by atoms with Gasteiger partial charge in [0.1, 0.15) is 5.75 Å². The zero-order chi connectivity index (χ0) is 17.3. The van der Waals surface area contributed by atoms with Crippen LogP contribution < -0.4 is 4.74 Å². The second-order valence-electron chi connectivity index (χ2n) is 5.02. The maximum Gasteiger partial charge on any atom is 0.243 e. The van der Waals surface area contributed by atoms with Crippen LogP contribution in [-0.4, -0.2) is 28.9 Å². The monoisotopic (exact) mass is 453 g/mol. The van der Waals surface area contributed by atoms with Crippen LogP contribution in [0.2, 0.25) is 0 Å². The van der Waals surface area contributed by atoms with Gasteiger partial charge in [-0.25, -0.2) is 0 Å². The molecule has 0 saturated carbocycles. The summed E-state index contributed by atoms with van der Waals surface area (Å²) in [5.41, 5.74) is 1.46. The lowest BCUT2D eigenvalue weighted by Gasteiger charge is -2.19. The van der Waals surface area contributed by atoms with E-state index in [0.717, 1.165) is 20.1 Å². The number of methoxy groups -OCH3 is 1. The first-order chi connectivity index (χ1) is 11.5. The fourth-order valence-electron chi connectivity index (χ4n) is 2.26. The van der Waals surface area contributed by atoms with Crippen molar-refractivity contribution in [1.82, 2.24) is 9.99 Å². The molecule has 8 heteroatoms. The molecule has 1 amide bonds. The highest BCUT2D eigenvalue weighted by atomic mass is 79.9. The number of hydrogen-bond acceptors (Lipinski definition) is 5. The summed E-state index contributed by atoms with van der Waals surface area (Å²) in [6, 6.07) is 7.30. The molecule has 1 aromatic carbocycles. The molecule has 1 aliphatic heterocycles. The van der Waals surface area contributed by atoms with Gasteiger partial charge in [0.25, 0.3) is 0 Å². The molecule has 2 heterocycles. The third kappa shape index (κ3) is 3.29. The second-order valence-corrected chi connectivity index (χ2v) is 6.79. The Labute approximate surface area is 155 Å². The highest BCUT2D eigenvalue weighted by Gasteiger charge is 2.33. The summed E-state index contributed by atoms with van der Waals surface area (Å²) in [5, 5.41) is 5.62. The van der Waals surface area contributed by atoms with Gasteiger partial charge < -0.3 is 9.47 Å². The molecule has 0 saturated heterocycles. The van der Waals surface area contributed by atoms with E-state index in [-0.39, 0.29) is 5.91 Å². The van der Waals surface area contributed by atoms with Gasteiger partial charge in [-0.05, 0) is 56.1 Å². The number of amides is 1. The maximum absolute atomic E-state index is 11.9. The quantitative estimate of drug-likeness (QED) is 0.706.